The van der Waals surface area contributed by atoms with Gasteiger partial charge in [-0.15, -0.1) is 0 Å². The first-order valence-corrected chi connectivity index (χ1v) is 6.55. The quantitative estimate of drug-likeness (QED) is 0.877. The topological polar surface area (TPSA) is 80.4 Å². The lowest BCUT2D eigenvalue weighted by atomic mass is 10.0. The van der Waals surface area contributed by atoms with Crippen LogP contribution in [0.2, 0.25) is 0 Å². The van der Waals surface area contributed by atoms with Gasteiger partial charge in [0.05, 0.1) is 12.7 Å². The number of aryl methyl sites for hydroxylation is 1. The molecular weight excluding hydrogens is 258 g/mol. The lowest BCUT2D eigenvalue weighted by molar-refractivity contribution is 0.0243. The van der Waals surface area contributed by atoms with E-state index in [0.717, 1.165) is 17.7 Å². The van der Waals surface area contributed by atoms with Crippen molar-refractivity contribution >= 4 is 0 Å². The van der Waals surface area contributed by atoms with Crippen LogP contribution in [-0.4, -0.2) is 35.4 Å². The van der Waals surface area contributed by atoms with Gasteiger partial charge in [-0.25, -0.2) is 0 Å². The number of nitrogens with one attached hydrogen (secondary N) is 1. The highest BCUT2D eigenvalue weighted by Crippen LogP contribution is 2.32. The summed E-state index contributed by atoms with van der Waals surface area (Å²) in [7, 11) is 1.60. The molecule has 3 rings (SSSR count). The first-order valence-electron chi connectivity index (χ1n) is 6.55. The van der Waals surface area contributed by atoms with E-state index in [4.69, 9.17) is 9.26 Å². The van der Waals surface area contributed by atoms with Crippen molar-refractivity contribution in [2.45, 2.75) is 18.9 Å². The average Bonchev–Trinajstić information content (AvgIpc) is 3.08. The second-order valence-electron chi connectivity index (χ2n) is 5.09. The molecule has 1 atom stereocenters. The maximum absolute atomic E-state index is 10.4. The van der Waals surface area contributed by atoms with Crippen LogP contribution in [0.4, 0.5) is 0 Å². The van der Waals surface area contributed by atoms with Crippen molar-refractivity contribution in [1.82, 2.24) is 15.5 Å². The second kappa shape index (κ2) is 4.88. The van der Waals surface area contributed by atoms with Gasteiger partial charge in [-0.1, -0.05) is 11.2 Å². The Morgan fingerprint density at radius 2 is 2.30 bits per heavy atom. The molecule has 0 saturated carbocycles. The highest BCUT2D eigenvalue weighted by atomic mass is 16.5. The number of hydrogen-bond donors (Lipinski definition) is 2. The molecule has 2 N–H and O–H groups in total. The number of β-amino-alcohol motifs (C(OH)–C–C–N with tert-alkyl or cyclic N) is 1. The van der Waals surface area contributed by atoms with Crippen LogP contribution in [0.3, 0.4) is 0 Å². The second-order valence-corrected chi connectivity index (χ2v) is 5.09. The monoisotopic (exact) mass is 275 g/mol. The van der Waals surface area contributed by atoms with E-state index < -0.39 is 5.60 Å². The van der Waals surface area contributed by atoms with E-state index in [1.807, 2.05) is 25.1 Å². The van der Waals surface area contributed by atoms with Gasteiger partial charge in [0.2, 0.25) is 5.82 Å². The van der Waals surface area contributed by atoms with Crippen LogP contribution in [0.15, 0.2) is 22.7 Å². The van der Waals surface area contributed by atoms with Gasteiger partial charge in [-0.3, -0.25) is 0 Å². The molecule has 0 spiro atoms. The molecule has 1 aliphatic heterocycles. The predicted octanol–water partition coefficient (Wildman–Crippen LogP) is 1.23. The summed E-state index contributed by atoms with van der Waals surface area (Å²) in [5.41, 5.74) is 0.777. The fourth-order valence-electron chi connectivity index (χ4n) is 2.37. The van der Waals surface area contributed by atoms with E-state index in [-0.39, 0.29) is 5.89 Å². The van der Waals surface area contributed by atoms with Crippen LogP contribution >= 0.6 is 0 Å². The van der Waals surface area contributed by atoms with Crippen molar-refractivity contribution in [1.29, 1.82) is 0 Å². The van der Waals surface area contributed by atoms with Crippen LogP contribution in [0.1, 0.15) is 17.9 Å². The number of methoxy groups -OCH3 is 1. The fraction of sp³-hybridized carbons (Fsp3) is 0.429. The Morgan fingerprint density at radius 3 is 3.00 bits per heavy atom. The Morgan fingerprint density at radius 1 is 1.45 bits per heavy atom. The molecule has 0 aliphatic carbocycles. The zero-order valence-electron chi connectivity index (χ0n) is 11.5. The predicted molar refractivity (Wildman–Crippen MR) is 72.4 cm³/mol. The number of nitrogens with zero attached hydrogens (tertiary/aromatic N) is 2. The van der Waals surface area contributed by atoms with Gasteiger partial charge in [0.1, 0.15) is 5.75 Å². The number of ether oxygens (including phenoxy) is 1. The minimum absolute atomic E-state index is 0.250. The fourth-order valence-corrected chi connectivity index (χ4v) is 2.37. The summed E-state index contributed by atoms with van der Waals surface area (Å²) in [6.45, 7) is 3.16. The molecule has 20 heavy (non-hydrogen) atoms. The highest BCUT2D eigenvalue weighted by Gasteiger charge is 2.39. The molecule has 0 bridgehead atoms. The van der Waals surface area contributed by atoms with Gasteiger partial charge < -0.3 is 19.7 Å². The van der Waals surface area contributed by atoms with Gasteiger partial charge in [-0.05, 0) is 37.6 Å². The third-order valence-corrected chi connectivity index (χ3v) is 3.55. The molecule has 1 fully saturated rings. The lowest BCUT2D eigenvalue weighted by Crippen LogP contribution is -2.28. The SMILES string of the molecule is COc1cc(C)ccc1-c1noc(C2(O)CCNC2)n1. The van der Waals surface area contributed by atoms with E-state index in [1.54, 1.807) is 7.11 Å². The Labute approximate surface area is 116 Å². The number of hydrogen-bond acceptors (Lipinski definition) is 6. The largest absolute Gasteiger partial charge is 0.496 e. The van der Waals surface area contributed by atoms with Gasteiger partial charge >= 0.3 is 0 Å². The van der Waals surface area contributed by atoms with Crippen molar-refractivity contribution in [3.8, 4) is 17.1 Å². The van der Waals surface area contributed by atoms with Gasteiger partial charge in [-0.2, -0.15) is 4.98 Å². The van der Waals surface area contributed by atoms with Crippen molar-refractivity contribution in [2.75, 3.05) is 20.2 Å². The summed E-state index contributed by atoms with van der Waals surface area (Å²) in [5.74, 6) is 1.37. The maximum Gasteiger partial charge on any atom is 0.260 e. The molecule has 1 saturated heterocycles. The van der Waals surface area contributed by atoms with Crippen molar-refractivity contribution in [3.05, 3.63) is 29.7 Å². The molecule has 2 aromatic rings. The smallest absolute Gasteiger partial charge is 0.260 e. The summed E-state index contributed by atoms with van der Waals surface area (Å²) in [6.07, 6.45) is 0.569. The van der Waals surface area contributed by atoms with E-state index >= 15 is 0 Å². The standard InChI is InChI=1S/C14H17N3O3/c1-9-3-4-10(11(7-9)19-2)12-16-13(20-17-12)14(18)5-6-15-8-14/h3-4,7,15,18H,5-6,8H2,1-2H3. The summed E-state index contributed by atoms with van der Waals surface area (Å²) in [4.78, 5) is 4.32. The number of rotatable bonds is 3. The third-order valence-electron chi connectivity index (χ3n) is 3.55. The van der Waals surface area contributed by atoms with Crippen LogP contribution in [0.5, 0.6) is 5.75 Å². The molecule has 1 unspecified atom stereocenters. The number of benzene rings is 1. The van der Waals surface area contributed by atoms with Crippen molar-refractivity contribution in [3.63, 3.8) is 0 Å². The molecule has 6 heteroatoms. The average molecular weight is 275 g/mol. The summed E-state index contributed by atoms with van der Waals surface area (Å²) in [5, 5.41) is 17.5. The molecule has 2 heterocycles. The Kier molecular flexibility index (Phi) is 3.19. The lowest BCUT2D eigenvalue weighted by Gasteiger charge is -2.14. The molecule has 1 aromatic heterocycles. The van der Waals surface area contributed by atoms with E-state index in [0.29, 0.717) is 24.5 Å². The van der Waals surface area contributed by atoms with E-state index in [2.05, 4.69) is 15.5 Å². The van der Waals surface area contributed by atoms with E-state index in [1.165, 1.54) is 0 Å². The third kappa shape index (κ3) is 2.17. The molecule has 1 aliphatic rings. The minimum atomic E-state index is -1.07. The summed E-state index contributed by atoms with van der Waals surface area (Å²) in [6, 6.07) is 5.76. The molecule has 6 nitrogen and oxygen atoms in total. The molecule has 0 amide bonds. The zero-order chi connectivity index (χ0) is 14.2. The van der Waals surface area contributed by atoms with Crippen LogP contribution < -0.4 is 10.1 Å². The maximum atomic E-state index is 10.4. The van der Waals surface area contributed by atoms with E-state index in [9.17, 15) is 5.11 Å². The minimum Gasteiger partial charge on any atom is -0.496 e. The van der Waals surface area contributed by atoms with Gasteiger partial charge in [0.25, 0.3) is 5.89 Å². The highest BCUT2D eigenvalue weighted by molar-refractivity contribution is 5.64. The van der Waals surface area contributed by atoms with Crippen molar-refractivity contribution < 1.29 is 14.4 Å². The Hall–Kier alpha value is -1.92. The molecular formula is C14H17N3O3. The molecule has 0 radical (unpaired) electrons. The van der Waals surface area contributed by atoms with Crippen molar-refractivity contribution in [2.24, 2.45) is 0 Å². The Bertz CT molecular complexity index is 618. The summed E-state index contributed by atoms with van der Waals surface area (Å²) >= 11 is 0. The van der Waals surface area contributed by atoms with Gasteiger partial charge in [0, 0.05) is 6.54 Å². The molecule has 1 aromatic carbocycles. The summed E-state index contributed by atoms with van der Waals surface area (Å²) < 4.78 is 10.6. The first-order chi connectivity index (χ1) is 9.62. The van der Waals surface area contributed by atoms with Crippen LogP contribution in [0, 0.1) is 6.92 Å². The molecule has 106 valence electrons. The zero-order valence-corrected chi connectivity index (χ0v) is 11.5. The first kappa shape index (κ1) is 13.1. The van der Waals surface area contributed by atoms with Crippen LogP contribution in [-0.2, 0) is 5.60 Å². The Balaban J connectivity index is 1.98. The number of aliphatic hydroxyl groups is 1. The van der Waals surface area contributed by atoms with Crippen LogP contribution in [0.25, 0.3) is 11.4 Å². The normalized spacial score (nSPS) is 22.1. The van der Waals surface area contributed by atoms with Gasteiger partial charge in [0.15, 0.2) is 5.60 Å². The number of aromatic nitrogens is 2.